The number of hydrogen-bond donors (Lipinski definition) is 3. The summed E-state index contributed by atoms with van der Waals surface area (Å²) < 4.78 is 4.53. The molecule has 0 radical (unpaired) electrons. The Morgan fingerprint density at radius 3 is 2.67 bits per heavy atom. The van der Waals surface area contributed by atoms with Gasteiger partial charge in [-0.3, -0.25) is 0 Å². The van der Waals surface area contributed by atoms with E-state index in [0.717, 1.165) is 25.7 Å². The number of rotatable bonds is 7. The van der Waals surface area contributed by atoms with E-state index in [1.165, 1.54) is 11.1 Å². The number of nitrogens with one attached hydrogen (secondary N) is 2. The summed E-state index contributed by atoms with van der Waals surface area (Å²) in [5.41, 5.74) is 2.74. The number of carbonyl (C=O) groups excluding carboxylic acids is 1. The SMILES string of the molecule is O=C(NCCC1=CC=CI=C1)NCC1(Cc2ccc(O)cc2)CC1. The van der Waals surface area contributed by atoms with E-state index in [1.54, 1.807) is 12.1 Å². The lowest BCUT2D eigenvalue weighted by molar-refractivity contribution is 0.238. The first kappa shape index (κ1) is 17.2. The molecule has 1 aromatic rings. The van der Waals surface area contributed by atoms with Gasteiger partial charge in [-0.05, 0) is 62.5 Å². The lowest BCUT2D eigenvalue weighted by Gasteiger charge is -2.17. The van der Waals surface area contributed by atoms with Crippen LogP contribution >= 0.6 is 20.7 Å². The summed E-state index contributed by atoms with van der Waals surface area (Å²) >= 11 is 0.0814. The second-order valence-corrected chi connectivity index (χ2v) is 8.56. The highest BCUT2D eigenvalue weighted by molar-refractivity contribution is 14.2. The van der Waals surface area contributed by atoms with Crippen molar-refractivity contribution < 1.29 is 9.90 Å². The standard InChI is InChI=1S/C19H23IN2O2/c23-17-5-3-15(4-6-17)12-19(8-9-19)14-22-18(24)21-11-7-16-2-1-10-20-13-16/h1-6,10,13,23H,7-9,11-12,14H2,(H2,21,22,24). The van der Waals surface area contributed by atoms with E-state index < -0.39 is 0 Å². The molecule has 1 saturated carbocycles. The summed E-state index contributed by atoms with van der Waals surface area (Å²) in [5, 5.41) is 15.3. The molecule has 128 valence electrons. The second-order valence-electron chi connectivity index (χ2n) is 6.50. The zero-order valence-electron chi connectivity index (χ0n) is 13.6. The third-order valence-electron chi connectivity index (χ3n) is 4.45. The highest BCUT2D eigenvalue weighted by atomic mass is 127. The Hall–Kier alpha value is -1.63. The van der Waals surface area contributed by atoms with Crippen molar-refractivity contribution in [3.8, 4) is 5.75 Å². The van der Waals surface area contributed by atoms with Gasteiger partial charge in [0.15, 0.2) is 0 Å². The summed E-state index contributed by atoms with van der Waals surface area (Å²) in [6.07, 6.45) is 8.38. The van der Waals surface area contributed by atoms with Crippen molar-refractivity contribution in [1.82, 2.24) is 10.6 Å². The number of amides is 2. The average molecular weight is 438 g/mol. The van der Waals surface area contributed by atoms with Crippen LogP contribution in [0.15, 0.2) is 46.1 Å². The summed E-state index contributed by atoms with van der Waals surface area (Å²) in [6, 6.07) is 7.29. The van der Waals surface area contributed by atoms with Gasteiger partial charge in [0.2, 0.25) is 0 Å². The Bertz CT molecular complexity index is 673. The van der Waals surface area contributed by atoms with Crippen molar-refractivity contribution in [1.29, 1.82) is 0 Å². The molecule has 1 aliphatic heterocycles. The van der Waals surface area contributed by atoms with Gasteiger partial charge in [0.1, 0.15) is 5.75 Å². The van der Waals surface area contributed by atoms with Gasteiger partial charge < -0.3 is 15.7 Å². The number of carbonyl (C=O) groups is 1. The first-order chi connectivity index (χ1) is 11.7. The number of benzene rings is 1. The van der Waals surface area contributed by atoms with Crippen LogP contribution in [0.4, 0.5) is 4.79 Å². The molecule has 3 rings (SSSR count). The summed E-state index contributed by atoms with van der Waals surface area (Å²) in [7, 11) is 0. The van der Waals surface area contributed by atoms with Gasteiger partial charge in [-0.15, -0.1) is 0 Å². The monoisotopic (exact) mass is 438 g/mol. The van der Waals surface area contributed by atoms with Crippen LogP contribution in [-0.4, -0.2) is 28.2 Å². The van der Waals surface area contributed by atoms with Crippen molar-refractivity contribution >= 4 is 30.8 Å². The minimum Gasteiger partial charge on any atom is -0.508 e. The van der Waals surface area contributed by atoms with Crippen LogP contribution in [0.3, 0.4) is 0 Å². The second kappa shape index (κ2) is 7.96. The third kappa shape index (κ3) is 5.19. The molecular weight excluding hydrogens is 415 g/mol. The van der Waals surface area contributed by atoms with E-state index in [2.05, 4.69) is 30.9 Å². The number of urea groups is 1. The molecule has 0 saturated heterocycles. The predicted molar refractivity (Wildman–Crippen MR) is 107 cm³/mol. The molecule has 5 heteroatoms. The van der Waals surface area contributed by atoms with Crippen LogP contribution < -0.4 is 10.6 Å². The molecule has 0 atom stereocenters. The van der Waals surface area contributed by atoms with Crippen LogP contribution in [0.5, 0.6) is 5.75 Å². The number of phenolic OH excluding ortho intramolecular Hbond substituents is 1. The third-order valence-corrected chi connectivity index (χ3v) is 6.44. The fourth-order valence-electron chi connectivity index (χ4n) is 2.78. The fourth-order valence-corrected chi connectivity index (χ4v) is 4.42. The van der Waals surface area contributed by atoms with Crippen LogP contribution in [0.2, 0.25) is 0 Å². The fraction of sp³-hybridized carbons (Fsp3) is 0.368. The number of halogens is 1. The van der Waals surface area contributed by atoms with E-state index in [-0.39, 0.29) is 32.2 Å². The number of hydrogen-bond acceptors (Lipinski definition) is 2. The highest BCUT2D eigenvalue weighted by Gasteiger charge is 2.42. The van der Waals surface area contributed by atoms with Crippen molar-refractivity contribution in [2.45, 2.75) is 25.7 Å². The maximum atomic E-state index is 12.0. The largest absolute Gasteiger partial charge is 0.508 e. The van der Waals surface area contributed by atoms with Gasteiger partial charge >= 0.3 is 6.03 Å². The Morgan fingerprint density at radius 1 is 1.21 bits per heavy atom. The average Bonchev–Trinajstić information content (AvgIpc) is 3.36. The van der Waals surface area contributed by atoms with Crippen LogP contribution in [-0.2, 0) is 6.42 Å². The summed E-state index contributed by atoms with van der Waals surface area (Å²) in [6.45, 7) is 1.39. The van der Waals surface area contributed by atoms with E-state index in [9.17, 15) is 9.90 Å². The van der Waals surface area contributed by atoms with Gasteiger partial charge in [-0.25, -0.2) is 4.79 Å². The maximum Gasteiger partial charge on any atom is 0.314 e. The van der Waals surface area contributed by atoms with Crippen LogP contribution in [0, 0.1) is 5.41 Å². The predicted octanol–water partition coefficient (Wildman–Crippen LogP) is 3.63. The molecule has 0 unspecified atom stereocenters. The molecule has 2 aliphatic rings. The smallest absolute Gasteiger partial charge is 0.314 e. The van der Waals surface area contributed by atoms with Crippen molar-refractivity contribution in [3.63, 3.8) is 0 Å². The molecule has 0 spiro atoms. The Morgan fingerprint density at radius 2 is 2.00 bits per heavy atom. The van der Waals surface area contributed by atoms with E-state index in [1.807, 2.05) is 12.1 Å². The number of aromatic hydroxyl groups is 1. The van der Waals surface area contributed by atoms with Gasteiger partial charge in [0, 0.05) is 13.1 Å². The molecule has 1 heterocycles. The topological polar surface area (TPSA) is 61.4 Å². The normalized spacial score (nSPS) is 17.6. The zero-order valence-corrected chi connectivity index (χ0v) is 15.8. The Labute approximate surface area is 152 Å². The molecule has 0 aromatic heterocycles. The highest BCUT2D eigenvalue weighted by Crippen LogP contribution is 2.47. The van der Waals surface area contributed by atoms with Gasteiger partial charge in [0.05, 0.1) is 0 Å². The molecule has 24 heavy (non-hydrogen) atoms. The lowest BCUT2D eigenvalue weighted by atomic mass is 9.96. The Balaban J connectivity index is 1.37. The quantitative estimate of drug-likeness (QED) is 0.570. The first-order valence-electron chi connectivity index (χ1n) is 8.26. The van der Waals surface area contributed by atoms with E-state index in [4.69, 9.17) is 0 Å². The zero-order chi connectivity index (χ0) is 16.8. The van der Waals surface area contributed by atoms with Crippen molar-refractivity contribution in [2.75, 3.05) is 13.1 Å². The van der Waals surface area contributed by atoms with Gasteiger partial charge in [0.25, 0.3) is 0 Å². The number of phenols is 1. The van der Waals surface area contributed by atoms with Crippen molar-refractivity contribution in [2.24, 2.45) is 5.41 Å². The molecule has 1 fully saturated rings. The molecule has 1 aromatic carbocycles. The molecular formula is C19H23IN2O2. The Kier molecular flexibility index (Phi) is 5.71. The van der Waals surface area contributed by atoms with Crippen LogP contribution in [0.25, 0.3) is 0 Å². The maximum absolute atomic E-state index is 12.0. The lowest BCUT2D eigenvalue weighted by Crippen LogP contribution is -2.39. The van der Waals surface area contributed by atoms with E-state index in [0.29, 0.717) is 18.8 Å². The molecule has 0 bridgehead atoms. The summed E-state index contributed by atoms with van der Waals surface area (Å²) in [5.74, 6) is 0.295. The minimum absolute atomic E-state index is 0.0753. The van der Waals surface area contributed by atoms with E-state index >= 15 is 0 Å². The number of allylic oxidation sites excluding steroid dienone is 2. The van der Waals surface area contributed by atoms with Crippen LogP contribution in [0.1, 0.15) is 24.8 Å². The molecule has 1 aliphatic carbocycles. The summed E-state index contributed by atoms with van der Waals surface area (Å²) in [4.78, 5) is 12.0. The first-order valence-corrected chi connectivity index (χ1v) is 10.7. The molecule has 2 amide bonds. The minimum atomic E-state index is -0.0753. The van der Waals surface area contributed by atoms with Crippen molar-refractivity contribution in [3.05, 3.63) is 51.6 Å². The molecule has 3 N–H and O–H groups in total. The molecule has 4 nitrogen and oxygen atoms in total. The van der Waals surface area contributed by atoms with Gasteiger partial charge in [-0.1, -0.05) is 45.0 Å². The van der Waals surface area contributed by atoms with Gasteiger partial charge in [-0.2, -0.15) is 0 Å².